The van der Waals surface area contributed by atoms with E-state index in [-0.39, 0.29) is 46.1 Å². The van der Waals surface area contributed by atoms with Crippen molar-refractivity contribution in [1.82, 2.24) is 8.80 Å². The average molecular weight is 925 g/mol. The number of rotatable bonds is 0. The van der Waals surface area contributed by atoms with Crippen LogP contribution in [0.15, 0.2) is 158 Å². The van der Waals surface area contributed by atoms with E-state index in [2.05, 4.69) is 208 Å². The van der Waals surface area contributed by atoms with Gasteiger partial charge in [-0.3, -0.25) is 9.59 Å². The number of fused-ring (bicyclic) bond motifs is 12. The number of nitrogens with zero attached hydrogens (tertiary/aromatic N) is 2. The number of hydrogen-bond acceptors (Lipinski definition) is 2. The molecule has 0 saturated heterocycles. The van der Waals surface area contributed by atoms with Gasteiger partial charge < -0.3 is 8.80 Å². The van der Waals surface area contributed by atoms with Gasteiger partial charge in [-0.2, -0.15) is 0 Å². The molecule has 0 amide bonds. The van der Waals surface area contributed by atoms with Gasteiger partial charge in [0.05, 0.1) is 44.9 Å². The fraction of sp³-hybridized carbons (Fsp3) is 0.176. The number of carbonyl (C=O) groups is 2. The van der Waals surface area contributed by atoms with Crippen LogP contribution in [0.5, 0.6) is 0 Å². The predicted molar refractivity (Wildman–Crippen MR) is 293 cm³/mol. The van der Waals surface area contributed by atoms with E-state index in [1.165, 1.54) is 87.5 Å². The predicted octanol–water partition coefficient (Wildman–Crippen LogP) is 16.2. The molecule has 342 valence electrons. The zero-order chi connectivity index (χ0) is 48.2. The van der Waals surface area contributed by atoms with Crippen LogP contribution in [0.4, 0.5) is 0 Å². The van der Waals surface area contributed by atoms with Crippen LogP contribution in [0.2, 0.25) is 0 Å². The van der Waals surface area contributed by atoms with E-state index in [1.54, 1.807) is 0 Å². The Morgan fingerprint density at radius 1 is 0.306 bits per heavy atom. The lowest BCUT2D eigenvalue weighted by Crippen LogP contribution is -2.19. The van der Waals surface area contributed by atoms with E-state index in [4.69, 9.17) is 0 Å². The molecule has 0 N–H and O–H groups in total. The third-order valence-corrected chi connectivity index (χ3v) is 18.1. The van der Waals surface area contributed by atoms with Crippen molar-refractivity contribution in [3.8, 4) is 0 Å². The largest absolute Gasteiger partial charge is 0.308 e. The Kier molecular flexibility index (Phi) is 6.98. The molecule has 4 bridgehead atoms. The van der Waals surface area contributed by atoms with Crippen LogP contribution in [0, 0.1) is 0 Å². The zero-order valence-corrected chi connectivity index (χ0v) is 41.0. The summed E-state index contributed by atoms with van der Waals surface area (Å²) in [7, 11) is 0. The Balaban J connectivity index is 0.996. The highest BCUT2D eigenvalue weighted by molar-refractivity contribution is 6.30. The first kappa shape index (κ1) is 39.6. The molecule has 0 fully saturated rings. The molecule has 4 heterocycles. The molecular weight excluding hydrogens is 877 g/mol. The SMILES string of the molecule is CC(C)(C)c1cc2c3cc4c(cc3n3c5cc6c7cc(C(C)(C)C)cc8c9cc%10c(cc9n(c6cc5c(c1)c23)c87)C(=O)C1c2ccccc2C%10c2ccccc21)C(=O)C1c2ccccc2C4c2ccccc21. The van der Waals surface area contributed by atoms with Gasteiger partial charge in [0.15, 0.2) is 11.6 Å². The van der Waals surface area contributed by atoms with E-state index < -0.39 is 0 Å². The number of aromatic nitrogens is 2. The molecule has 4 nitrogen and oxygen atoms in total. The summed E-state index contributed by atoms with van der Waals surface area (Å²) in [5, 5.41) is 9.65. The van der Waals surface area contributed by atoms with Crippen LogP contribution < -0.4 is 0 Å². The summed E-state index contributed by atoms with van der Waals surface area (Å²) in [4.78, 5) is 30.7. The fourth-order valence-electron chi connectivity index (χ4n) is 14.8. The summed E-state index contributed by atoms with van der Waals surface area (Å²) in [6, 6.07) is 58.5. The van der Waals surface area contributed by atoms with E-state index in [0.717, 1.165) is 66.6 Å². The van der Waals surface area contributed by atoms with Crippen molar-refractivity contribution >= 4 is 87.8 Å². The molecule has 0 saturated carbocycles. The molecule has 19 rings (SSSR count). The minimum Gasteiger partial charge on any atom is -0.308 e. The summed E-state index contributed by atoms with van der Waals surface area (Å²) in [6.45, 7) is 13.9. The molecule has 6 aliphatic rings. The Morgan fingerprint density at radius 3 is 0.861 bits per heavy atom. The van der Waals surface area contributed by atoms with E-state index in [1.807, 2.05) is 0 Å². The van der Waals surface area contributed by atoms with Crippen molar-refractivity contribution in [3.05, 3.63) is 236 Å². The quantitative estimate of drug-likeness (QED) is 0.152. The first-order valence-corrected chi connectivity index (χ1v) is 25.8. The topological polar surface area (TPSA) is 43.0 Å². The van der Waals surface area contributed by atoms with Gasteiger partial charge in [-0.25, -0.2) is 0 Å². The summed E-state index contributed by atoms with van der Waals surface area (Å²) in [5.41, 5.74) is 22.5. The molecule has 4 aromatic heterocycles. The molecule has 0 unspecified atom stereocenters. The number of hydrogen-bond donors (Lipinski definition) is 0. The first-order valence-electron chi connectivity index (χ1n) is 25.8. The van der Waals surface area contributed by atoms with Gasteiger partial charge >= 0.3 is 0 Å². The molecule has 0 atom stereocenters. The second kappa shape index (κ2) is 12.7. The highest BCUT2D eigenvalue weighted by Crippen LogP contribution is 2.56. The lowest BCUT2D eigenvalue weighted by Gasteiger charge is -2.30. The number of carbonyl (C=O) groups excluding carboxylic acids is 2. The van der Waals surface area contributed by atoms with Crippen LogP contribution >= 0.6 is 0 Å². The summed E-state index contributed by atoms with van der Waals surface area (Å²) < 4.78 is 4.98. The third kappa shape index (κ3) is 4.58. The molecule has 0 radical (unpaired) electrons. The van der Waals surface area contributed by atoms with E-state index in [0.29, 0.717) is 0 Å². The average Bonchev–Trinajstić information content (AvgIpc) is 4.02. The highest BCUT2D eigenvalue weighted by atomic mass is 16.1. The van der Waals surface area contributed by atoms with Crippen LogP contribution in [-0.2, 0) is 10.8 Å². The van der Waals surface area contributed by atoms with Crippen molar-refractivity contribution in [3.63, 3.8) is 0 Å². The van der Waals surface area contributed by atoms with Crippen molar-refractivity contribution in [2.45, 2.75) is 76.0 Å². The van der Waals surface area contributed by atoms with Gasteiger partial charge in [0.2, 0.25) is 0 Å². The molecule has 6 aliphatic carbocycles. The summed E-state index contributed by atoms with van der Waals surface area (Å²) >= 11 is 0. The highest BCUT2D eigenvalue weighted by Gasteiger charge is 2.45. The maximum atomic E-state index is 15.3. The lowest BCUT2D eigenvalue weighted by molar-refractivity contribution is 0.0966. The standard InChI is InChI=1S/C68H48N2O2/c1-67(2,3)33-23-49-43-27-47-53(65(71)61-39-19-11-7-15-35(39)59(47)36-16-8-12-20-40(36)61)31-57(43)69-55-30-46-52-26-34(68(4,5)6)24-50-44-28-48-54(32-58(44)70(64(50)52)56(46)29-45(55)51(25-33)63(49)69)66(72)62-41-21-13-9-17-37(41)60(48)38-18-10-14-22-42(38)62/h7-32,59-62H,1-6H3. The molecule has 0 aliphatic heterocycles. The molecule has 72 heavy (non-hydrogen) atoms. The minimum absolute atomic E-state index is 0.0325. The molecule has 4 heteroatoms. The van der Waals surface area contributed by atoms with Crippen molar-refractivity contribution in [2.75, 3.05) is 0 Å². The van der Waals surface area contributed by atoms with Gasteiger partial charge in [-0.05, 0) is 138 Å². The van der Waals surface area contributed by atoms with E-state index >= 15 is 9.59 Å². The van der Waals surface area contributed by atoms with Crippen molar-refractivity contribution in [1.29, 1.82) is 0 Å². The van der Waals surface area contributed by atoms with Crippen LogP contribution in [0.3, 0.4) is 0 Å². The molecular formula is C68H48N2O2. The summed E-state index contributed by atoms with van der Waals surface area (Å²) in [6.07, 6.45) is 0. The van der Waals surface area contributed by atoms with Gasteiger partial charge in [0.25, 0.3) is 0 Å². The lowest BCUT2D eigenvalue weighted by atomic mass is 9.72. The van der Waals surface area contributed by atoms with Gasteiger partial charge in [0, 0.05) is 66.1 Å². The zero-order valence-electron chi connectivity index (χ0n) is 41.0. The third-order valence-electron chi connectivity index (χ3n) is 18.1. The molecule has 0 spiro atoms. The maximum Gasteiger partial charge on any atom is 0.175 e. The number of ketones is 2. The molecule has 13 aromatic rings. The Hall–Kier alpha value is -8.08. The van der Waals surface area contributed by atoms with E-state index in [9.17, 15) is 0 Å². The van der Waals surface area contributed by atoms with Crippen LogP contribution in [-0.4, -0.2) is 20.4 Å². The fourth-order valence-corrected chi connectivity index (χ4v) is 14.8. The second-order valence-electron chi connectivity index (χ2n) is 23.8. The van der Waals surface area contributed by atoms with Gasteiger partial charge in [-0.1, -0.05) is 139 Å². The van der Waals surface area contributed by atoms with Crippen molar-refractivity contribution < 1.29 is 9.59 Å². The first-order chi connectivity index (χ1) is 34.8. The smallest absolute Gasteiger partial charge is 0.175 e. The Labute approximate surface area is 415 Å². The summed E-state index contributed by atoms with van der Waals surface area (Å²) in [5.74, 6) is -0.399. The van der Waals surface area contributed by atoms with Gasteiger partial charge in [-0.15, -0.1) is 0 Å². The Morgan fingerprint density at radius 2 is 0.569 bits per heavy atom. The number of Topliss-reactive ketones (excluding diaryl/α,β-unsaturated/α-hetero) is 2. The monoisotopic (exact) mass is 924 g/mol. The molecule has 9 aromatic carbocycles. The second-order valence-corrected chi connectivity index (χ2v) is 23.8. The normalized spacial score (nSPS) is 19.0. The Bertz CT molecular complexity index is 4320. The van der Waals surface area contributed by atoms with Gasteiger partial charge in [0.1, 0.15) is 0 Å². The van der Waals surface area contributed by atoms with Crippen LogP contribution in [0.25, 0.3) is 76.2 Å². The number of benzene rings is 9. The maximum absolute atomic E-state index is 15.3. The van der Waals surface area contributed by atoms with Crippen molar-refractivity contribution in [2.24, 2.45) is 0 Å². The minimum atomic E-state index is -0.345. The van der Waals surface area contributed by atoms with Crippen LogP contribution in [0.1, 0.15) is 153 Å².